The van der Waals surface area contributed by atoms with Gasteiger partial charge in [0.15, 0.2) is 0 Å². The van der Waals surface area contributed by atoms with Crippen molar-refractivity contribution in [3.05, 3.63) is 35.4 Å². The van der Waals surface area contributed by atoms with Crippen LogP contribution in [-0.4, -0.2) is 37.1 Å². The number of esters is 1. The van der Waals surface area contributed by atoms with Crippen LogP contribution in [0, 0.1) is 17.2 Å². The van der Waals surface area contributed by atoms with Gasteiger partial charge in [0.1, 0.15) is 6.04 Å². The largest absolute Gasteiger partial charge is 0.468 e. The number of nitriles is 1. The minimum atomic E-state index is -0.387. The lowest BCUT2D eigenvalue weighted by atomic mass is 9.79. The maximum atomic E-state index is 12.4. The van der Waals surface area contributed by atoms with E-state index in [1.807, 2.05) is 6.07 Å². The first-order valence-electron chi connectivity index (χ1n) is 8.02. The van der Waals surface area contributed by atoms with Crippen LogP contribution >= 0.6 is 0 Å². The Morgan fingerprint density at radius 2 is 2.17 bits per heavy atom. The van der Waals surface area contributed by atoms with Crippen molar-refractivity contribution in [1.29, 1.82) is 5.26 Å². The first kappa shape index (κ1) is 16.4. The third kappa shape index (κ3) is 3.25. The zero-order chi connectivity index (χ0) is 17.1. The van der Waals surface area contributed by atoms with Crippen molar-refractivity contribution >= 4 is 11.9 Å². The van der Waals surface area contributed by atoms with E-state index >= 15 is 0 Å². The topological polar surface area (TPSA) is 103 Å². The van der Waals surface area contributed by atoms with Gasteiger partial charge in [0.25, 0.3) is 5.91 Å². The van der Waals surface area contributed by atoms with Crippen LogP contribution in [0.25, 0.3) is 0 Å². The molecule has 2 fully saturated rings. The second-order valence-electron chi connectivity index (χ2n) is 6.24. The molecule has 3 N–H and O–H groups in total. The van der Waals surface area contributed by atoms with Crippen molar-refractivity contribution in [2.24, 2.45) is 5.92 Å². The predicted molar refractivity (Wildman–Crippen MR) is 85.6 cm³/mol. The SMILES string of the molecule is COC(=O)C1NNC2CCC(NC(=O)c3cccc(C#N)c3)CC21. The van der Waals surface area contributed by atoms with Crippen LogP contribution in [-0.2, 0) is 9.53 Å². The summed E-state index contributed by atoms with van der Waals surface area (Å²) >= 11 is 0. The molecule has 3 rings (SSSR count). The van der Waals surface area contributed by atoms with E-state index in [-0.39, 0.29) is 35.9 Å². The molecule has 0 radical (unpaired) electrons. The molecule has 1 aromatic carbocycles. The summed E-state index contributed by atoms with van der Waals surface area (Å²) in [6.45, 7) is 0. The van der Waals surface area contributed by atoms with Crippen molar-refractivity contribution in [3.63, 3.8) is 0 Å². The van der Waals surface area contributed by atoms with Gasteiger partial charge in [-0.2, -0.15) is 5.26 Å². The summed E-state index contributed by atoms with van der Waals surface area (Å²) in [5, 5.41) is 12.0. The smallest absolute Gasteiger partial charge is 0.324 e. The highest BCUT2D eigenvalue weighted by molar-refractivity contribution is 5.94. The van der Waals surface area contributed by atoms with E-state index in [4.69, 9.17) is 10.00 Å². The van der Waals surface area contributed by atoms with Gasteiger partial charge < -0.3 is 10.1 Å². The van der Waals surface area contributed by atoms with E-state index in [1.165, 1.54) is 7.11 Å². The molecule has 1 saturated carbocycles. The molecule has 7 heteroatoms. The summed E-state index contributed by atoms with van der Waals surface area (Å²) in [6.07, 6.45) is 2.41. The lowest BCUT2D eigenvalue weighted by Crippen LogP contribution is -2.46. The number of amides is 1. The number of hydrogen-bond acceptors (Lipinski definition) is 6. The van der Waals surface area contributed by atoms with Crippen molar-refractivity contribution in [3.8, 4) is 6.07 Å². The number of methoxy groups -OCH3 is 1. The molecule has 0 bridgehead atoms. The molecule has 2 aliphatic rings. The third-order valence-corrected chi connectivity index (χ3v) is 4.80. The molecule has 1 amide bonds. The van der Waals surface area contributed by atoms with Crippen LogP contribution in [0.4, 0.5) is 0 Å². The summed E-state index contributed by atoms with van der Waals surface area (Å²) in [4.78, 5) is 24.2. The van der Waals surface area contributed by atoms with Crippen LogP contribution in [0.3, 0.4) is 0 Å². The molecule has 4 atom stereocenters. The molecule has 1 aliphatic heterocycles. The number of fused-ring (bicyclic) bond motifs is 1. The predicted octanol–water partition coefficient (Wildman–Crippen LogP) is 0.475. The monoisotopic (exact) mass is 328 g/mol. The molecule has 7 nitrogen and oxygen atoms in total. The Hall–Kier alpha value is -2.43. The number of carbonyl (C=O) groups is 2. The molecule has 24 heavy (non-hydrogen) atoms. The highest BCUT2D eigenvalue weighted by Crippen LogP contribution is 2.31. The van der Waals surface area contributed by atoms with E-state index in [0.717, 1.165) is 12.8 Å². The molecular weight excluding hydrogens is 308 g/mol. The highest BCUT2D eigenvalue weighted by Gasteiger charge is 2.44. The summed E-state index contributed by atoms with van der Waals surface area (Å²) < 4.78 is 4.83. The van der Waals surface area contributed by atoms with Crippen molar-refractivity contribution in [2.75, 3.05) is 7.11 Å². The van der Waals surface area contributed by atoms with Gasteiger partial charge in [-0.25, -0.2) is 5.43 Å². The Morgan fingerprint density at radius 3 is 2.92 bits per heavy atom. The number of rotatable bonds is 3. The zero-order valence-corrected chi connectivity index (χ0v) is 13.4. The van der Waals surface area contributed by atoms with Gasteiger partial charge in [0, 0.05) is 23.6 Å². The molecule has 1 aromatic rings. The van der Waals surface area contributed by atoms with E-state index in [0.29, 0.717) is 17.5 Å². The first-order chi connectivity index (χ1) is 11.6. The maximum Gasteiger partial charge on any atom is 0.324 e. The summed E-state index contributed by atoms with van der Waals surface area (Å²) in [6, 6.07) is 8.49. The van der Waals surface area contributed by atoms with E-state index in [2.05, 4.69) is 16.2 Å². The van der Waals surface area contributed by atoms with Gasteiger partial charge in [-0.05, 0) is 37.5 Å². The van der Waals surface area contributed by atoms with Crippen LogP contribution in [0.15, 0.2) is 24.3 Å². The fourth-order valence-corrected chi connectivity index (χ4v) is 3.55. The fourth-order valence-electron chi connectivity index (χ4n) is 3.55. The van der Waals surface area contributed by atoms with Gasteiger partial charge >= 0.3 is 5.97 Å². The molecule has 1 heterocycles. The normalized spacial score (nSPS) is 28.5. The number of ether oxygens (including phenoxy) is 1. The van der Waals surface area contributed by atoms with Crippen LogP contribution < -0.4 is 16.2 Å². The lowest BCUT2D eigenvalue weighted by molar-refractivity contribution is -0.144. The molecule has 1 aliphatic carbocycles. The minimum Gasteiger partial charge on any atom is -0.468 e. The van der Waals surface area contributed by atoms with Gasteiger partial charge in [-0.1, -0.05) is 6.07 Å². The number of hydrogen-bond donors (Lipinski definition) is 3. The molecule has 4 unspecified atom stereocenters. The van der Waals surface area contributed by atoms with Crippen LogP contribution in [0.5, 0.6) is 0 Å². The Balaban J connectivity index is 1.65. The Labute approximate surface area is 140 Å². The number of nitrogens with one attached hydrogen (secondary N) is 3. The summed E-state index contributed by atoms with van der Waals surface area (Å²) in [5.41, 5.74) is 7.08. The van der Waals surface area contributed by atoms with E-state index in [9.17, 15) is 9.59 Å². The van der Waals surface area contributed by atoms with Crippen molar-refractivity contribution < 1.29 is 14.3 Å². The standard InChI is InChI=1S/C17H20N4O3/c1-24-17(23)15-13-8-12(5-6-14(13)20-21-15)19-16(22)11-4-2-3-10(7-11)9-18/h2-4,7,12-15,20-21H,5-6,8H2,1H3,(H,19,22). The van der Waals surface area contributed by atoms with Crippen LogP contribution in [0.2, 0.25) is 0 Å². The zero-order valence-electron chi connectivity index (χ0n) is 13.4. The third-order valence-electron chi connectivity index (χ3n) is 4.80. The number of carbonyl (C=O) groups excluding carboxylic acids is 2. The van der Waals surface area contributed by atoms with Gasteiger partial charge in [0.05, 0.1) is 18.7 Å². The van der Waals surface area contributed by atoms with Gasteiger partial charge in [0.2, 0.25) is 0 Å². The van der Waals surface area contributed by atoms with Crippen molar-refractivity contribution in [2.45, 2.75) is 37.4 Å². The molecule has 1 saturated heterocycles. The molecular formula is C17H20N4O3. The van der Waals surface area contributed by atoms with Gasteiger partial charge in [-0.15, -0.1) is 0 Å². The Kier molecular flexibility index (Phi) is 4.79. The van der Waals surface area contributed by atoms with E-state index in [1.54, 1.807) is 24.3 Å². The average Bonchev–Trinajstić information content (AvgIpc) is 3.04. The maximum absolute atomic E-state index is 12.4. The molecule has 0 aromatic heterocycles. The minimum absolute atomic E-state index is 0.00153. The Morgan fingerprint density at radius 1 is 1.33 bits per heavy atom. The van der Waals surface area contributed by atoms with Gasteiger partial charge in [-0.3, -0.25) is 15.0 Å². The fraction of sp³-hybridized carbons (Fsp3) is 0.471. The van der Waals surface area contributed by atoms with Crippen LogP contribution in [0.1, 0.15) is 35.2 Å². The molecule has 0 spiro atoms. The first-order valence-corrected chi connectivity index (χ1v) is 8.02. The quantitative estimate of drug-likeness (QED) is 0.697. The highest BCUT2D eigenvalue weighted by atomic mass is 16.5. The lowest BCUT2D eigenvalue weighted by Gasteiger charge is -2.32. The summed E-state index contributed by atoms with van der Waals surface area (Å²) in [7, 11) is 1.38. The average molecular weight is 328 g/mol. The van der Waals surface area contributed by atoms with Crippen molar-refractivity contribution in [1.82, 2.24) is 16.2 Å². The Bertz CT molecular complexity index is 685. The number of nitrogens with zero attached hydrogens (tertiary/aromatic N) is 1. The second kappa shape index (κ2) is 6.99. The second-order valence-corrected chi connectivity index (χ2v) is 6.24. The number of hydrazine groups is 1. The summed E-state index contributed by atoms with van der Waals surface area (Å²) in [5.74, 6) is -0.394. The number of benzene rings is 1. The molecule has 126 valence electrons. The van der Waals surface area contributed by atoms with E-state index < -0.39 is 0 Å².